The van der Waals surface area contributed by atoms with E-state index in [0.717, 1.165) is 34.4 Å². The fourth-order valence-electron chi connectivity index (χ4n) is 2.81. The van der Waals surface area contributed by atoms with Gasteiger partial charge in [0, 0.05) is 16.0 Å². The monoisotopic (exact) mass is 343 g/mol. The summed E-state index contributed by atoms with van der Waals surface area (Å²) in [5, 5.41) is 4.36. The van der Waals surface area contributed by atoms with E-state index in [0.29, 0.717) is 0 Å². The molecule has 19 heavy (non-hydrogen) atoms. The van der Waals surface area contributed by atoms with E-state index in [9.17, 15) is 0 Å². The minimum Gasteiger partial charge on any atom is -0.313 e. The van der Waals surface area contributed by atoms with E-state index in [2.05, 4.69) is 34.2 Å². The summed E-state index contributed by atoms with van der Waals surface area (Å²) in [5.74, 6) is 1.88. The Balaban J connectivity index is 1.66. The molecule has 0 bridgehead atoms. The minimum atomic E-state index is 0.841. The quantitative estimate of drug-likeness (QED) is 0.704. The third-order valence-electron chi connectivity index (χ3n) is 4.20. The molecular weight excluding hydrogens is 322 g/mol. The van der Waals surface area contributed by atoms with Gasteiger partial charge >= 0.3 is 0 Å². The molecule has 1 fully saturated rings. The molecule has 0 heterocycles. The van der Waals surface area contributed by atoms with Crippen LogP contribution < -0.4 is 5.32 Å². The van der Waals surface area contributed by atoms with Crippen molar-refractivity contribution in [1.82, 2.24) is 5.32 Å². The van der Waals surface area contributed by atoms with Crippen LogP contribution in [0.15, 0.2) is 22.7 Å². The summed E-state index contributed by atoms with van der Waals surface area (Å²) in [6.07, 6.45) is 6.98. The van der Waals surface area contributed by atoms with E-state index < -0.39 is 0 Å². The second-order valence-electron chi connectivity index (χ2n) is 5.83. The molecular formula is C16H23BrClN. The maximum absolute atomic E-state index is 6.20. The fraction of sp³-hybridized carbons (Fsp3) is 0.625. The van der Waals surface area contributed by atoms with Crippen LogP contribution in [0.3, 0.4) is 0 Å². The van der Waals surface area contributed by atoms with Crippen LogP contribution in [0.4, 0.5) is 0 Å². The first-order valence-electron chi connectivity index (χ1n) is 7.30. The molecule has 1 saturated carbocycles. The average Bonchev–Trinajstić information content (AvgIpc) is 2.39. The van der Waals surface area contributed by atoms with Crippen molar-refractivity contribution in [2.45, 2.75) is 45.6 Å². The maximum atomic E-state index is 6.20. The van der Waals surface area contributed by atoms with Gasteiger partial charge in [0.1, 0.15) is 0 Å². The van der Waals surface area contributed by atoms with Crippen molar-refractivity contribution in [2.75, 3.05) is 6.54 Å². The summed E-state index contributed by atoms with van der Waals surface area (Å²) in [5.41, 5.74) is 1.18. The van der Waals surface area contributed by atoms with Crippen LogP contribution in [0, 0.1) is 11.8 Å². The summed E-state index contributed by atoms with van der Waals surface area (Å²) in [6.45, 7) is 4.35. The Kier molecular flexibility index (Phi) is 6.18. The second kappa shape index (κ2) is 7.66. The molecule has 0 aliphatic heterocycles. The highest BCUT2D eigenvalue weighted by atomic mass is 79.9. The SMILES string of the molecule is CC1CCC(CCNCc2ccc(Br)cc2Cl)CC1. The molecule has 1 aromatic carbocycles. The molecule has 0 radical (unpaired) electrons. The Labute approximate surface area is 130 Å². The van der Waals surface area contributed by atoms with Gasteiger partial charge in [-0.15, -0.1) is 0 Å². The Bertz CT molecular complexity index is 400. The zero-order valence-corrected chi connectivity index (χ0v) is 13.9. The van der Waals surface area contributed by atoms with Crippen LogP contribution in [-0.2, 0) is 6.54 Å². The van der Waals surface area contributed by atoms with Crippen molar-refractivity contribution < 1.29 is 0 Å². The van der Waals surface area contributed by atoms with Gasteiger partial charge in [0.05, 0.1) is 0 Å². The topological polar surface area (TPSA) is 12.0 Å². The van der Waals surface area contributed by atoms with Gasteiger partial charge in [0.25, 0.3) is 0 Å². The lowest BCUT2D eigenvalue weighted by molar-refractivity contribution is 0.275. The van der Waals surface area contributed by atoms with Crippen LogP contribution in [0.25, 0.3) is 0 Å². The molecule has 0 saturated heterocycles. The first-order valence-corrected chi connectivity index (χ1v) is 8.47. The number of rotatable bonds is 5. The van der Waals surface area contributed by atoms with Gasteiger partial charge in [-0.3, -0.25) is 0 Å². The van der Waals surface area contributed by atoms with Crippen LogP contribution in [0.5, 0.6) is 0 Å². The van der Waals surface area contributed by atoms with E-state index in [4.69, 9.17) is 11.6 Å². The molecule has 0 spiro atoms. The number of hydrogen-bond donors (Lipinski definition) is 1. The first-order chi connectivity index (χ1) is 9.15. The van der Waals surface area contributed by atoms with E-state index in [1.54, 1.807) is 0 Å². The van der Waals surface area contributed by atoms with Gasteiger partial charge in [0.2, 0.25) is 0 Å². The number of nitrogens with one attached hydrogen (secondary N) is 1. The molecule has 0 atom stereocenters. The van der Waals surface area contributed by atoms with E-state index in [1.165, 1.54) is 37.7 Å². The average molecular weight is 345 g/mol. The molecule has 1 aliphatic carbocycles. The van der Waals surface area contributed by atoms with E-state index in [1.807, 2.05) is 12.1 Å². The molecule has 2 rings (SSSR count). The third-order valence-corrected chi connectivity index (χ3v) is 5.04. The van der Waals surface area contributed by atoms with Crippen molar-refractivity contribution in [3.8, 4) is 0 Å². The van der Waals surface area contributed by atoms with Crippen molar-refractivity contribution in [3.05, 3.63) is 33.3 Å². The van der Waals surface area contributed by atoms with E-state index in [-0.39, 0.29) is 0 Å². The summed E-state index contributed by atoms with van der Waals surface area (Å²) >= 11 is 9.63. The third kappa shape index (κ3) is 5.09. The lowest BCUT2D eigenvalue weighted by atomic mass is 9.81. The Morgan fingerprint density at radius 3 is 2.68 bits per heavy atom. The lowest BCUT2D eigenvalue weighted by Crippen LogP contribution is -2.20. The van der Waals surface area contributed by atoms with Gasteiger partial charge in [-0.2, -0.15) is 0 Å². The molecule has 0 amide bonds. The molecule has 1 aliphatic rings. The van der Waals surface area contributed by atoms with Gasteiger partial charge < -0.3 is 5.32 Å². The van der Waals surface area contributed by atoms with Crippen molar-refractivity contribution in [3.63, 3.8) is 0 Å². The second-order valence-corrected chi connectivity index (χ2v) is 7.15. The standard InChI is InChI=1S/C16H23BrClN/c1-12-2-4-13(5-3-12)8-9-19-11-14-6-7-15(17)10-16(14)18/h6-7,10,12-13,19H,2-5,8-9,11H2,1H3. The summed E-state index contributed by atoms with van der Waals surface area (Å²) < 4.78 is 1.04. The van der Waals surface area contributed by atoms with Crippen LogP contribution >= 0.6 is 27.5 Å². The molecule has 106 valence electrons. The number of benzene rings is 1. The van der Waals surface area contributed by atoms with Crippen molar-refractivity contribution in [1.29, 1.82) is 0 Å². The Morgan fingerprint density at radius 2 is 2.00 bits per heavy atom. The van der Waals surface area contributed by atoms with Gasteiger partial charge in [-0.25, -0.2) is 0 Å². The predicted octanol–water partition coefficient (Wildman–Crippen LogP) is 5.41. The molecule has 0 aromatic heterocycles. The van der Waals surface area contributed by atoms with Crippen LogP contribution in [-0.4, -0.2) is 6.54 Å². The molecule has 0 unspecified atom stereocenters. The van der Waals surface area contributed by atoms with Gasteiger partial charge in [-0.05, 0) is 42.5 Å². The lowest BCUT2D eigenvalue weighted by Gasteiger charge is -2.26. The maximum Gasteiger partial charge on any atom is 0.0462 e. The minimum absolute atomic E-state index is 0.841. The Morgan fingerprint density at radius 1 is 1.26 bits per heavy atom. The van der Waals surface area contributed by atoms with E-state index >= 15 is 0 Å². The number of hydrogen-bond acceptors (Lipinski definition) is 1. The molecule has 1 aromatic rings. The zero-order chi connectivity index (χ0) is 13.7. The molecule has 1 N–H and O–H groups in total. The Hall–Kier alpha value is -0.0500. The predicted molar refractivity (Wildman–Crippen MR) is 86.6 cm³/mol. The normalized spacial score (nSPS) is 23.5. The molecule has 3 heteroatoms. The number of halogens is 2. The van der Waals surface area contributed by atoms with Gasteiger partial charge in [-0.1, -0.05) is 66.2 Å². The summed E-state index contributed by atoms with van der Waals surface area (Å²) in [6, 6.07) is 6.09. The highest BCUT2D eigenvalue weighted by Crippen LogP contribution is 2.30. The van der Waals surface area contributed by atoms with Crippen LogP contribution in [0.2, 0.25) is 5.02 Å². The summed E-state index contributed by atoms with van der Waals surface area (Å²) in [7, 11) is 0. The summed E-state index contributed by atoms with van der Waals surface area (Å²) in [4.78, 5) is 0. The first kappa shape index (κ1) is 15.3. The zero-order valence-electron chi connectivity index (χ0n) is 11.6. The van der Waals surface area contributed by atoms with Crippen LogP contribution in [0.1, 0.15) is 44.6 Å². The largest absolute Gasteiger partial charge is 0.313 e. The van der Waals surface area contributed by atoms with Crippen molar-refractivity contribution in [2.24, 2.45) is 11.8 Å². The fourth-order valence-corrected chi connectivity index (χ4v) is 3.55. The van der Waals surface area contributed by atoms with Crippen molar-refractivity contribution >= 4 is 27.5 Å². The molecule has 1 nitrogen and oxygen atoms in total. The smallest absolute Gasteiger partial charge is 0.0462 e. The highest BCUT2D eigenvalue weighted by molar-refractivity contribution is 9.10. The highest BCUT2D eigenvalue weighted by Gasteiger charge is 2.17. The van der Waals surface area contributed by atoms with Gasteiger partial charge in [0.15, 0.2) is 0 Å².